The largest absolute Gasteiger partial charge is 0.481 e. The van der Waals surface area contributed by atoms with E-state index in [9.17, 15) is 20.1 Å². The Kier molecular flexibility index (Phi) is 12.4. The second-order valence-electron chi connectivity index (χ2n) is 6.92. The number of carboxylic acids is 1. The Morgan fingerprint density at radius 3 is 2.57 bits per heavy atom. The van der Waals surface area contributed by atoms with Gasteiger partial charge >= 0.3 is 5.97 Å². The van der Waals surface area contributed by atoms with E-state index in [2.05, 4.69) is 19.1 Å². The SMILES string of the molecule is CC/C=C\C/C=C\C[C@@H]1O[C@H]([C@H](O)/C=C/[C@@H](O)C/C=C\CCC(=O)O)C[C@H]1O. The number of carbonyl (C=O) groups is 1. The van der Waals surface area contributed by atoms with Gasteiger partial charge in [0, 0.05) is 12.8 Å². The molecule has 1 fully saturated rings. The lowest BCUT2D eigenvalue weighted by molar-refractivity contribution is -0.136. The molecule has 4 N–H and O–H groups in total. The summed E-state index contributed by atoms with van der Waals surface area (Å²) < 4.78 is 5.76. The van der Waals surface area contributed by atoms with Crippen LogP contribution in [0.2, 0.25) is 0 Å². The number of carboxylic acid groups (broad SMARTS) is 1. The predicted octanol–water partition coefficient (Wildman–Crippen LogP) is 2.90. The van der Waals surface area contributed by atoms with E-state index < -0.39 is 30.4 Å². The number of aliphatic carboxylic acids is 1. The molecule has 0 aromatic heterocycles. The van der Waals surface area contributed by atoms with Crippen LogP contribution in [0, 0.1) is 0 Å². The van der Waals surface area contributed by atoms with Crippen molar-refractivity contribution in [3.63, 3.8) is 0 Å². The summed E-state index contributed by atoms with van der Waals surface area (Å²) in [6.45, 7) is 2.08. The van der Waals surface area contributed by atoms with E-state index in [-0.39, 0.29) is 12.5 Å². The first kappa shape index (κ1) is 24.3. The maximum absolute atomic E-state index is 10.4. The number of hydrogen-bond donors (Lipinski definition) is 4. The fourth-order valence-electron chi connectivity index (χ4n) is 2.87. The normalized spacial score (nSPS) is 25.5. The summed E-state index contributed by atoms with van der Waals surface area (Å²) in [5.74, 6) is -0.853. The van der Waals surface area contributed by atoms with Crippen LogP contribution in [0.25, 0.3) is 0 Å². The summed E-state index contributed by atoms with van der Waals surface area (Å²) >= 11 is 0. The second-order valence-corrected chi connectivity index (χ2v) is 6.92. The Labute approximate surface area is 167 Å². The third-order valence-electron chi connectivity index (χ3n) is 4.44. The molecule has 0 bridgehead atoms. The van der Waals surface area contributed by atoms with Gasteiger partial charge in [-0.25, -0.2) is 0 Å². The molecule has 1 aliphatic rings. The van der Waals surface area contributed by atoms with E-state index in [4.69, 9.17) is 9.84 Å². The molecule has 1 aliphatic heterocycles. The average Bonchev–Trinajstić information content (AvgIpc) is 3.03. The monoisotopic (exact) mass is 394 g/mol. The molecule has 1 saturated heterocycles. The van der Waals surface area contributed by atoms with Crippen LogP contribution < -0.4 is 0 Å². The first-order chi connectivity index (χ1) is 13.4. The third kappa shape index (κ3) is 10.6. The summed E-state index contributed by atoms with van der Waals surface area (Å²) in [7, 11) is 0. The molecule has 158 valence electrons. The Balaban J connectivity index is 2.33. The highest BCUT2D eigenvalue weighted by atomic mass is 16.5. The maximum atomic E-state index is 10.4. The lowest BCUT2D eigenvalue weighted by Gasteiger charge is -2.16. The van der Waals surface area contributed by atoms with Crippen molar-refractivity contribution in [3.8, 4) is 0 Å². The van der Waals surface area contributed by atoms with E-state index >= 15 is 0 Å². The summed E-state index contributed by atoms with van der Waals surface area (Å²) in [6, 6.07) is 0. The minimum absolute atomic E-state index is 0.0638. The minimum atomic E-state index is -0.901. The standard InChI is InChI=1S/C22H34O6/c1-2-3-4-5-6-9-12-20-19(25)16-21(28-20)18(24)15-14-17(23)11-8-7-10-13-22(26)27/h3-4,6-9,14-15,17-21,23-25H,2,5,10-13,16H2,1H3,(H,26,27)/b4-3-,8-7-,9-6-,15-14+/t17-,18+,19+,20-,21-/m0/s1. The zero-order valence-electron chi connectivity index (χ0n) is 16.6. The van der Waals surface area contributed by atoms with E-state index in [1.54, 1.807) is 12.2 Å². The highest BCUT2D eigenvalue weighted by Gasteiger charge is 2.36. The Bertz CT molecular complexity index is 551. The van der Waals surface area contributed by atoms with Crippen molar-refractivity contribution in [1.29, 1.82) is 0 Å². The molecule has 0 radical (unpaired) electrons. The van der Waals surface area contributed by atoms with E-state index in [1.165, 1.54) is 12.2 Å². The number of ether oxygens (including phenoxy) is 1. The van der Waals surface area contributed by atoms with Crippen molar-refractivity contribution in [2.45, 2.75) is 82.4 Å². The topological polar surface area (TPSA) is 107 Å². The van der Waals surface area contributed by atoms with Crippen LogP contribution in [0.3, 0.4) is 0 Å². The highest BCUT2D eigenvalue weighted by Crippen LogP contribution is 2.26. The second kappa shape index (κ2) is 14.3. The molecular formula is C22H34O6. The van der Waals surface area contributed by atoms with Gasteiger partial charge in [-0.15, -0.1) is 0 Å². The van der Waals surface area contributed by atoms with Crippen molar-refractivity contribution in [1.82, 2.24) is 0 Å². The van der Waals surface area contributed by atoms with E-state index in [1.807, 2.05) is 12.2 Å². The molecule has 0 aromatic rings. The van der Waals surface area contributed by atoms with Crippen molar-refractivity contribution < 1.29 is 30.0 Å². The van der Waals surface area contributed by atoms with Crippen LogP contribution in [0.4, 0.5) is 0 Å². The van der Waals surface area contributed by atoms with Gasteiger partial charge in [-0.1, -0.05) is 55.5 Å². The lowest BCUT2D eigenvalue weighted by atomic mass is 10.0. The van der Waals surface area contributed by atoms with Crippen LogP contribution in [-0.2, 0) is 9.53 Å². The molecule has 0 aliphatic carbocycles. The van der Waals surface area contributed by atoms with E-state index in [0.717, 1.165) is 12.8 Å². The van der Waals surface area contributed by atoms with Gasteiger partial charge in [0.1, 0.15) is 0 Å². The molecule has 1 heterocycles. The van der Waals surface area contributed by atoms with Gasteiger partial charge in [0.05, 0.1) is 30.5 Å². The van der Waals surface area contributed by atoms with Gasteiger partial charge < -0.3 is 25.2 Å². The van der Waals surface area contributed by atoms with Gasteiger partial charge in [0.25, 0.3) is 0 Å². The zero-order chi connectivity index (χ0) is 20.8. The zero-order valence-corrected chi connectivity index (χ0v) is 16.6. The van der Waals surface area contributed by atoms with Gasteiger partial charge in [-0.2, -0.15) is 0 Å². The molecule has 0 spiro atoms. The van der Waals surface area contributed by atoms with Crippen LogP contribution in [0.5, 0.6) is 0 Å². The molecule has 0 unspecified atom stereocenters. The molecule has 5 atom stereocenters. The molecular weight excluding hydrogens is 360 g/mol. The quantitative estimate of drug-likeness (QED) is 0.358. The number of aliphatic hydroxyl groups excluding tert-OH is 3. The molecule has 0 amide bonds. The molecule has 6 nitrogen and oxygen atoms in total. The highest BCUT2D eigenvalue weighted by molar-refractivity contribution is 5.66. The van der Waals surface area contributed by atoms with Gasteiger partial charge in [0.2, 0.25) is 0 Å². The molecule has 6 heteroatoms. The van der Waals surface area contributed by atoms with Crippen molar-refractivity contribution in [2.75, 3.05) is 0 Å². The van der Waals surface area contributed by atoms with Gasteiger partial charge in [-0.05, 0) is 32.1 Å². The molecule has 0 aromatic carbocycles. The van der Waals surface area contributed by atoms with Crippen molar-refractivity contribution >= 4 is 5.97 Å². The minimum Gasteiger partial charge on any atom is -0.481 e. The van der Waals surface area contributed by atoms with Crippen molar-refractivity contribution in [2.24, 2.45) is 0 Å². The fraction of sp³-hybridized carbons (Fsp3) is 0.591. The van der Waals surface area contributed by atoms with Crippen LogP contribution >= 0.6 is 0 Å². The first-order valence-corrected chi connectivity index (χ1v) is 9.98. The Morgan fingerprint density at radius 1 is 1.11 bits per heavy atom. The van der Waals surface area contributed by atoms with Crippen LogP contribution in [0.15, 0.2) is 48.6 Å². The fourth-order valence-corrected chi connectivity index (χ4v) is 2.87. The van der Waals surface area contributed by atoms with Crippen LogP contribution in [0.1, 0.15) is 51.9 Å². The van der Waals surface area contributed by atoms with Gasteiger partial charge in [-0.3, -0.25) is 4.79 Å². The summed E-state index contributed by atoms with van der Waals surface area (Å²) in [5.41, 5.74) is 0. The number of aliphatic hydroxyl groups is 3. The Morgan fingerprint density at radius 2 is 1.86 bits per heavy atom. The third-order valence-corrected chi connectivity index (χ3v) is 4.44. The average molecular weight is 395 g/mol. The number of allylic oxidation sites excluding steroid dienone is 4. The number of hydrogen-bond acceptors (Lipinski definition) is 5. The summed E-state index contributed by atoms with van der Waals surface area (Å²) in [6.07, 6.45) is 15.2. The van der Waals surface area contributed by atoms with Crippen molar-refractivity contribution in [3.05, 3.63) is 48.6 Å². The molecule has 28 heavy (non-hydrogen) atoms. The lowest BCUT2D eigenvalue weighted by Crippen LogP contribution is -2.24. The molecule has 1 rings (SSSR count). The first-order valence-electron chi connectivity index (χ1n) is 9.98. The van der Waals surface area contributed by atoms with Crippen LogP contribution in [-0.4, -0.2) is 56.9 Å². The smallest absolute Gasteiger partial charge is 0.303 e. The maximum Gasteiger partial charge on any atom is 0.303 e. The Hall–Kier alpha value is -1.73. The van der Waals surface area contributed by atoms with Gasteiger partial charge in [0.15, 0.2) is 0 Å². The molecule has 0 saturated carbocycles. The summed E-state index contributed by atoms with van der Waals surface area (Å²) in [5, 5.41) is 38.8. The van der Waals surface area contributed by atoms with E-state index in [0.29, 0.717) is 25.7 Å². The number of rotatable bonds is 13. The summed E-state index contributed by atoms with van der Waals surface area (Å²) in [4.78, 5) is 10.4. The predicted molar refractivity (Wildman–Crippen MR) is 109 cm³/mol.